The summed E-state index contributed by atoms with van der Waals surface area (Å²) < 4.78 is 0. The third kappa shape index (κ3) is 3.26. The Morgan fingerprint density at radius 2 is 1.74 bits per heavy atom. The molecule has 0 bridgehead atoms. The van der Waals surface area contributed by atoms with Crippen LogP contribution in [0.15, 0.2) is 42.5 Å². The lowest BCUT2D eigenvalue weighted by atomic mass is 10.1. The molecule has 0 spiro atoms. The number of nitrogens with one attached hydrogen (secondary N) is 1. The van der Waals surface area contributed by atoms with Crippen LogP contribution in [0.5, 0.6) is 11.5 Å². The van der Waals surface area contributed by atoms with Crippen molar-refractivity contribution in [1.29, 1.82) is 0 Å². The van der Waals surface area contributed by atoms with Crippen LogP contribution in [0, 0.1) is 0 Å². The molecule has 1 amide bonds. The molecule has 0 unspecified atom stereocenters. The van der Waals surface area contributed by atoms with Crippen molar-refractivity contribution in [3.05, 3.63) is 53.6 Å². The number of halogens is 1. The van der Waals surface area contributed by atoms with Crippen molar-refractivity contribution >= 4 is 27.5 Å². The molecular weight excluding hydrogens is 310 g/mol. The summed E-state index contributed by atoms with van der Waals surface area (Å²) in [4.78, 5) is 11.9. The van der Waals surface area contributed by atoms with Gasteiger partial charge in [0.25, 0.3) is 5.91 Å². The highest BCUT2D eigenvalue weighted by atomic mass is 79.9. The second-order valence-corrected chi connectivity index (χ2v) is 4.55. The number of hydrogen-bond donors (Lipinski definition) is 3. The zero-order valence-electron chi connectivity index (χ0n) is 9.93. The fourth-order valence-corrected chi connectivity index (χ4v) is 1.92. The Morgan fingerprint density at radius 1 is 1.05 bits per heavy atom. The Bertz CT molecular complexity index is 596. The van der Waals surface area contributed by atoms with E-state index in [1.165, 1.54) is 18.2 Å². The number of phenols is 2. The van der Waals surface area contributed by atoms with Crippen LogP contribution in [0.3, 0.4) is 0 Å². The number of anilines is 1. The highest BCUT2D eigenvalue weighted by Crippen LogP contribution is 2.25. The van der Waals surface area contributed by atoms with Gasteiger partial charge in [-0.2, -0.15) is 0 Å². The van der Waals surface area contributed by atoms with E-state index in [2.05, 4.69) is 21.2 Å². The topological polar surface area (TPSA) is 69.6 Å². The Balaban J connectivity index is 2.13. The van der Waals surface area contributed by atoms with Gasteiger partial charge in [0.05, 0.1) is 0 Å². The van der Waals surface area contributed by atoms with E-state index in [1.807, 2.05) is 12.1 Å². The molecule has 0 aliphatic rings. The quantitative estimate of drug-likeness (QED) is 0.600. The van der Waals surface area contributed by atoms with Crippen LogP contribution in [0.1, 0.15) is 15.9 Å². The smallest absolute Gasteiger partial charge is 0.255 e. The summed E-state index contributed by atoms with van der Waals surface area (Å²) in [6.45, 7) is 0. The van der Waals surface area contributed by atoms with Crippen LogP contribution >= 0.6 is 15.9 Å². The minimum Gasteiger partial charge on any atom is -0.504 e. The fourth-order valence-electron chi connectivity index (χ4n) is 1.55. The van der Waals surface area contributed by atoms with E-state index in [4.69, 9.17) is 0 Å². The largest absolute Gasteiger partial charge is 0.504 e. The Labute approximate surface area is 118 Å². The second-order valence-electron chi connectivity index (χ2n) is 3.99. The first-order valence-corrected chi connectivity index (χ1v) is 6.70. The molecule has 0 aromatic heterocycles. The van der Waals surface area contributed by atoms with Gasteiger partial charge in [-0.25, -0.2) is 0 Å². The van der Waals surface area contributed by atoms with Gasteiger partial charge in [0.2, 0.25) is 0 Å². The normalized spacial score (nSPS) is 10.2. The van der Waals surface area contributed by atoms with Gasteiger partial charge in [0, 0.05) is 16.6 Å². The first kappa shape index (κ1) is 13.4. The summed E-state index contributed by atoms with van der Waals surface area (Å²) in [5, 5.41) is 22.0. The number of benzene rings is 2. The van der Waals surface area contributed by atoms with Gasteiger partial charge in [-0.15, -0.1) is 0 Å². The molecule has 19 heavy (non-hydrogen) atoms. The van der Waals surface area contributed by atoms with Crippen LogP contribution in [-0.2, 0) is 5.33 Å². The van der Waals surface area contributed by atoms with Gasteiger partial charge < -0.3 is 15.5 Å². The average molecular weight is 322 g/mol. The lowest BCUT2D eigenvalue weighted by molar-refractivity contribution is 0.102. The van der Waals surface area contributed by atoms with E-state index < -0.39 is 0 Å². The molecule has 5 heteroatoms. The molecule has 0 aliphatic carbocycles. The highest BCUT2D eigenvalue weighted by molar-refractivity contribution is 9.08. The number of alkyl halides is 1. The average Bonchev–Trinajstić information content (AvgIpc) is 2.42. The molecule has 0 saturated heterocycles. The molecule has 98 valence electrons. The van der Waals surface area contributed by atoms with Crippen LogP contribution in [0.4, 0.5) is 5.69 Å². The number of phenolic OH excluding ortho intramolecular Hbond substituents is 2. The standard InChI is InChI=1S/C14H12BrNO3/c15-8-9-1-4-11(5-2-9)16-14(19)10-3-6-12(17)13(18)7-10/h1-7,17-18H,8H2,(H,16,19). The van der Waals surface area contributed by atoms with Crippen LogP contribution in [0.2, 0.25) is 0 Å². The summed E-state index contributed by atoms with van der Waals surface area (Å²) in [6, 6.07) is 11.3. The SMILES string of the molecule is O=C(Nc1ccc(CBr)cc1)c1ccc(O)c(O)c1. The zero-order valence-corrected chi connectivity index (χ0v) is 11.5. The third-order valence-electron chi connectivity index (χ3n) is 2.60. The van der Waals surface area contributed by atoms with E-state index >= 15 is 0 Å². The van der Waals surface area contributed by atoms with E-state index in [9.17, 15) is 15.0 Å². The molecule has 0 heterocycles. The molecule has 4 nitrogen and oxygen atoms in total. The van der Waals surface area contributed by atoms with Crippen molar-refractivity contribution in [3.63, 3.8) is 0 Å². The maximum atomic E-state index is 11.9. The molecule has 2 rings (SSSR count). The van der Waals surface area contributed by atoms with Gasteiger partial charge in [0.15, 0.2) is 11.5 Å². The molecule has 2 aromatic carbocycles. The Morgan fingerprint density at radius 3 is 2.32 bits per heavy atom. The number of hydrogen-bond acceptors (Lipinski definition) is 3. The van der Waals surface area contributed by atoms with Crippen LogP contribution in [-0.4, -0.2) is 16.1 Å². The number of amides is 1. The monoisotopic (exact) mass is 321 g/mol. The lowest BCUT2D eigenvalue weighted by Crippen LogP contribution is -2.11. The van der Waals surface area contributed by atoms with E-state index in [0.717, 1.165) is 10.9 Å². The Kier molecular flexibility index (Phi) is 4.06. The summed E-state index contributed by atoms with van der Waals surface area (Å²) >= 11 is 3.35. The first-order chi connectivity index (χ1) is 9.10. The minimum absolute atomic E-state index is 0.252. The van der Waals surface area contributed by atoms with Crippen molar-refractivity contribution in [2.45, 2.75) is 5.33 Å². The van der Waals surface area contributed by atoms with Gasteiger partial charge >= 0.3 is 0 Å². The molecule has 0 fully saturated rings. The molecule has 0 saturated carbocycles. The fraction of sp³-hybridized carbons (Fsp3) is 0.0714. The van der Waals surface area contributed by atoms with E-state index in [-0.39, 0.29) is 23.0 Å². The predicted molar refractivity (Wildman–Crippen MR) is 76.8 cm³/mol. The van der Waals surface area contributed by atoms with Crippen molar-refractivity contribution in [2.24, 2.45) is 0 Å². The number of aromatic hydroxyl groups is 2. The van der Waals surface area contributed by atoms with Crippen molar-refractivity contribution < 1.29 is 15.0 Å². The molecule has 0 atom stereocenters. The predicted octanol–water partition coefficient (Wildman–Crippen LogP) is 3.25. The maximum absolute atomic E-state index is 11.9. The molecule has 0 aliphatic heterocycles. The van der Waals surface area contributed by atoms with Gasteiger partial charge in [-0.3, -0.25) is 4.79 Å². The second kappa shape index (κ2) is 5.75. The zero-order chi connectivity index (χ0) is 13.8. The summed E-state index contributed by atoms with van der Waals surface area (Å²) in [5.41, 5.74) is 2.06. The minimum atomic E-state index is -0.345. The van der Waals surface area contributed by atoms with Crippen molar-refractivity contribution in [3.8, 4) is 11.5 Å². The van der Waals surface area contributed by atoms with Crippen LogP contribution < -0.4 is 5.32 Å². The van der Waals surface area contributed by atoms with E-state index in [0.29, 0.717) is 5.69 Å². The highest BCUT2D eigenvalue weighted by Gasteiger charge is 2.09. The molecule has 3 N–H and O–H groups in total. The lowest BCUT2D eigenvalue weighted by Gasteiger charge is -2.06. The third-order valence-corrected chi connectivity index (χ3v) is 3.25. The molecule has 0 radical (unpaired) electrons. The summed E-state index contributed by atoms with van der Waals surface area (Å²) in [7, 11) is 0. The summed E-state index contributed by atoms with van der Waals surface area (Å²) in [5.74, 6) is -0.914. The van der Waals surface area contributed by atoms with E-state index in [1.54, 1.807) is 12.1 Å². The molecular formula is C14H12BrNO3. The number of carbonyl (C=O) groups excluding carboxylic acids is 1. The Hall–Kier alpha value is -2.01. The van der Waals surface area contributed by atoms with Gasteiger partial charge in [-0.05, 0) is 35.9 Å². The maximum Gasteiger partial charge on any atom is 0.255 e. The van der Waals surface area contributed by atoms with Crippen molar-refractivity contribution in [2.75, 3.05) is 5.32 Å². The number of rotatable bonds is 3. The van der Waals surface area contributed by atoms with Crippen LogP contribution in [0.25, 0.3) is 0 Å². The summed E-state index contributed by atoms with van der Waals surface area (Å²) in [6.07, 6.45) is 0. The van der Waals surface area contributed by atoms with Crippen molar-refractivity contribution in [1.82, 2.24) is 0 Å². The molecule has 2 aromatic rings. The first-order valence-electron chi connectivity index (χ1n) is 5.58. The number of carbonyl (C=O) groups is 1. The van der Waals surface area contributed by atoms with Gasteiger partial charge in [0.1, 0.15) is 0 Å². The van der Waals surface area contributed by atoms with Gasteiger partial charge in [-0.1, -0.05) is 28.1 Å².